The fourth-order valence-electron chi connectivity index (χ4n) is 6.56. The van der Waals surface area contributed by atoms with Crippen molar-refractivity contribution < 1.29 is 19.8 Å². The summed E-state index contributed by atoms with van der Waals surface area (Å²) in [6.45, 7) is 3.95. The molecule has 8 heteroatoms. The number of benzene rings is 6. The molecule has 2 aromatic heterocycles. The highest BCUT2D eigenvalue weighted by Crippen LogP contribution is 2.35. The van der Waals surface area contributed by atoms with Gasteiger partial charge in [0.15, 0.2) is 11.6 Å². The van der Waals surface area contributed by atoms with Gasteiger partial charge in [0.25, 0.3) is 0 Å². The molecule has 0 aliphatic rings. The molecule has 0 aliphatic carbocycles. The van der Waals surface area contributed by atoms with Gasteiger partial charge in [-0.2, -0.15) is 0 Å². The van der Waals surface area contributed by atoms with Crippen molar-refractivity contribution in [3.05, 3.63) is 224 Å². The Morgan fingerprint density at radius 2 is 0.793 bits per heavy atom. The zero-order valence-electron chi connectivity index (χ0n) is 31.5. The summed E-state index contributed by atoms with van der Waals surface area (Å²) in [5.41, 5.74) is 5.50. The predicted molar refractivity (Wildman–Crippen MR) is 242 cm³/mol. The molecule has 6 aromatic carbocycles. The molecule has 0 amide bonds. The van der Waals surface area contributed by atoms with Gasteiger partial charge >= 0.3 is 0 Å². The van der Waals surface area contributed by atoms with Crippen LogP contribution in [0.2, 0.25) is 0 Å². The minimum absolute atomic E-state index is 0.0883. The van der Waals surface area contributed by atoms with E-state index in [1.165, 1.54) is 0 Å². The van der Waals surface area contributed by atoms with Crippen LogP contribution in [0.25, 0.3) is 44.2 Å². The summed E-state index contributed by atoms with van der Waals surface area (Å²) in [4.78, 5) is 36.2. The predicted octanol–water partition coefficient (Wildman–Crippen LogP) is 13.2. The lowest BCUT2D eigenvalue weighted by atomic mass is 9.93. The summed E-state index contributed by atoms with van der Waals surface area (Å²) in [5.74, 6) is -0.761. The van der Waals surface area contributed by atoms with Gasteiger partial charge in [0.05, 0.1) is 22.5 Å². The van der Waals surface area contributed by atoms with Gasteiger partial charge in [0.2, 0.25) is 0 Å². The molecule has 0 atom stereocenters. The fourth-order valence-corrected chi connectivity index (χ4v) is 7.49. The van der Waals surface area contributed by atoms with Crippen molar-refractivity contribution in [1.29, 1.82) is 0 Å². The Morgan fingerprint density at radius 1 is 0.448 bits per heavy atom. The van der Waals surface area contributed by atoms with Crippen molar-refractivity contribution >= 4 is 87.6 Å². The van der Waals surface area contributed by atoms with Crippen LogP contribution in [-0.2, 0) is 0 Å². The number of nitrogens with zero attached hydrogens (tertiary/aromatic N) is 2. The smallest absolute Gasteiger partial charge is 0.200 e. The van der Waals surface area contributed by atoms with E-state index >= 15 is 0 Å². The van der Waals surface area contributed by atoms with Gasteiger partial charge < -0.3 is 10.2 Å². The Morgan fingerprint density at radius 3 is 1.17 bits per heavy atom. The number of aromatic nitrogens is 2. The molecule has 0 aliphatic heterocycles. The monoisotopic (exact) mass is 886 g/mol. The lowest BCUT2D eigenvalue weighted by Crippen LogP contribution is -2.09. The third kappa shape index (κ3) is 8.44. The van der Waals surface area contributed by atoms with Crippen LogP contribution in [0.1, 0.15) is 54.4 Å². The Kier molecular flexibility index (Phi) is 12.2. The molecule has 2 heterocycles. The van der Waals surface area contributed by atoms with E-state index in [2.05, 4.69) is 41.8 Å². The molecule has 0 bridgehead atoms. The van der Waals surface area contributed by atoms with Crippen LogP contribution < -0.4 is 0 Å². The van der Waals surface area contributed by atoms with Crippen molar-refractivity contribution in [1.82, 2.24) is 9.97 Å². The Bertz CT molecular complexity index is 2670. The molecule has 0 fully saturated rings. The molecule has 6 nitrogen and oxygen atoms in total. The number of aliphatic hydroxyl groups excluding tert-OH is 2. The number of fused-ring (bicyclic) bond motifs is 2. The Labute approximate surface area is 353 Å². The largest absolute Gasteiger partial charge is 0.506 e. The SMILES string of the molecule is Cc1ccc(/C(O)=C(\C(=O)c2ccccc2Br)c2nccc3ccccc23)cc1.Cc1ccc(/C(O)=C(\C(=O)c2ccccc2Br)c2nccc3ccccc23)cc1. The number of Topliss-reactive ketones (excluding diaryl/α,β-unsaturated/α-hetero) is 2. The number of carbonyl (C=O) groups is 2. The zero-order valence-corrected chi connectivity index (χ0v) is 34.7. The first-order chi connectivity index (χ1) is 28.1. The number of hydrogen-bond acceptors (Lipinski definition) is 6. The van der Waals surface area contributed by atoms with Crippen molar-refractivity contribution in [2.45, 2.75) is 13.8 Å². The summed E-state index contributed by atoms with van der Waals surface area (Å²) in [5, 5.41) is 25.9. The number of pyridine rings is 2. The second-order valence-electron chi connectivity index (χ2n) is 13.6. The zero-order chi connectivity index (χ0) is 40.8. The van der Waals surface area contributed by atoms with E-state index in [0.29, 0.717) is 42.6 Å². The molecule has 0 saturated heterocycles. The topological polar surface area (TPSA) is 100 Å². The highest BCUT2D eigenvalue weighted by Gasteiger charge is 2.26. The lowest BCUT2D eigenvalue weighted by Gasteiger charge is -2.13. The second-order valence-corrected chi connectivity index (χ2v) is 15.3. The molecular formula is C50H36Br2N2O4. The highest BCUT2D eigenvalue weighted by atomic mass is 79.9. The molecule has 0 radical (unpaired) electrons. The Balaban J connectivity index is 0.000000177. The van der Waals surface area contributed by atoms with E-state index in [4.69, 9.17) is 0 Å². The van der Waals surface area contributed by atoms with Crippen LogP contribution in [0.5, 0.6) is 0 Å². The van der Waals surface area contributed by atoms with Gasteiger partial charge in [-0.05, 0) is 61.0 Å². The number of rotatable bonds is 8. The van der Waals surface area contributed by atoms with Crippen molar-refractivity contribution in [2.24, 2.45) is 0 Å². The Hall–Kier alpha value is -6.48. The molecule has 0 unspecified atom stereocenters. The van der Waals surface area contributed by atoms with E-state index in [1.807, 2.05) is 147 Å². The molecule has 8 rings (SSSR count). The number of allylic oxidation sites excluding steroid dienone is 2. The lowest BCUT2D eigenvalue weighted by molar-refractivity contribution is 0.104. The van der Waals surface area contributed by atoms with Crippen LogP contribution in [0, 0.1) is 13.8 Å². The maximum absolute atomic E-state index is 13.6. The average molecular weight is 889 g/mol. The molecule has 0 spiro atoms. The molecule has 58 heavy (non-hydrogen) atoms. The third-order valence-electron chi connectivity index (χ3n) is 9.64. The number of aliphatic hydroxyl groups is 2. The summed E-state index contributed by atoms with van der Waals surface area (Å²) in [6, 6.07) is 48.4. The molecule has 284 valence electrons. The van der Waals surface area contributed by atoms with E-state index in [-0.39, 0.29) is 34.2 Å². The van der Waals surface area contributed by atoms with Crippen molar-refractivity contribution in [2.75, 3.05) is 0 Å². The second kappa shape index (κ2) is 17.8. The van der Waals surface area contributed by atoms with Crippen LogP contribution in [0.3, 0.4) is 0 Å². The highest BCUT2D eigenvalue weighted by molar-refractivity contribution is 9.10. The quantitative estimate of drug-likeness (QED) is 0.0895. The first-order valence-electron chi connectivity index (χ1n) is 18.4. The maximum atomic E-state index is 13.6. The van der Waals surface area contributed by atoms with Crippen LogP contribution in [0.4, 0.5) is 0 Å². The average Bonchev–Trinajstić information content (AvgIpc) is 3.25. The van der Waals surface area contributed by atoms with Crippen LogP contribution >= 0.6 is 31.9 Å². The van der Waals surface area contributed by atoms with Crippen molar-refractivity contribution in [3.8, 4) is 0 Å². The van der Waals surface area contributed by atoms with Gasteiger partial charge in [0.1, 0.15) is 11.5 Å². The van der Waals surface area contributed by atoms with Gasteiger partial charge in [-0.3, -0.25) is 19.6 Å². The summed E-state index contributed by atoms with van der Waals surface area (Å²) < 4.78 is 1.33. The summed E-state index contributed by atoms with van der Waals surface area (Å²) in [7, 11) is 0. The number of halogens is 2. The number of aryl methyl sites for hydroxylation is 2. The van der Waals surface area contributed by atoms with E-state index in [1.54, 1.807) is 36.7 Å². The van der Waals surface area contributed by atoms with Crippen LogP contribution in [-0.4, -0.2) is 31.7 Å². The maximum Gasteiger partial charge on any atom is 0.200 e. The standard InChI is InChI=1S/2C25H18BrNO2/c2*1-16-10-12-18(13-11-16)24(28)22(25(29)20-8-4-5-9-21(20)26)23-19-7-3-2-6-17(19)14-15-27-23/h2*2-15,28H,1H3/b2*24-22+. The first-order valence-corrected chi connectivity index (χ1v) is 20.0. The molecular weight excluding hydrogens is 852 g/mol. The third-order valence-corrected chi connectivity index (χ3v) is 11.0. The molecule has 8 aromatic rings. The normalized spacial score (nSPS) is 11.9. The number of carbonyl (C=O) groups excluding carboxylic acids is 2. The van der Waals surface area contributed by atoms with Gasteiger partial charge in [-0.15, -0.1) is 0 Å². The molecule has 2 N–H and O–H groups in total. The minimum atomic E-state index is -0.292. The van der Waals surface area contributed by atoms with Crippen molar-refractivity contribution in [3.63, 3.8) is 0 Å². The van der Waals surface area contributed by atoms with Crippen LogP contribution in [0.15, 0.2) is 179 Å². The van der Waals surface area contributed by atoms with E-state index in [0.717, 1.165) is 32.7 Å². The molecule has 0 saturated carbocycles. The van der Waals surface area contributed by atoms with Gasteiger partial charge in [-0.1, -0.05) is 164 Å². The number of hydrogen-bond donors (Lipinski definition) is 2. The van der Waals surface area contributed by atoms with E-state index < -0.39 is 0 Å². The van der Waals surface area contributed by atoms with Gasteiger partial charge in [-0.25, -0.2) is 0 Å². The summed E-state index contributed by atoms with van der Waals surface area (Å²) >= 11 is 6.91. The minimum Gasteiger partial charge on any atom is -0.506 e. The van der Waals surface area contributed by atoms with Gasteiger partial charge in [0, 0.05) is 54.4 Å². The number of ketones is 2. The summed E-state index contributed by atoms with van der Waals surface area (Å²) in [6.07, 6.45) is 3.32. The first kappa shape index (κ1) is 39.7. The fraction of sp³-hybridized carbons (Fsp3) is 0.0400. The van der Waals surface area contributed by atoms with E-state index in [9.17, 15) is 19.8 Å².